The van der Waals surface area contributed by atoms with Gasteiger partial charge in [-0.2, -0.15) is 20.2 Å². The standard InChI is InChI=1S/C62H69FN12O6S.CH4O/c1-33(2)56(61(78)73-19-9-10-53(73)59(76)64-24-38-11-14-41(15-12-38)57-37(6)65-32-82-57)75-28-48-44-18-13-39(20-50(44)67-60(77)55(48)71-75)30-80-31-52-46(22-45(40-16-17-40)35(4)54-36(5)49(63)23-51-47(54)25-66-70-51)58(69-62(68-52)81-29-34(3)79-8)74-27-42-21-43(74)26-72(42)7;1-2/h11-15,18,20,22-23,25,28,32-34,40,42-43,53,56H,4,9-10,16-17,19,21,24,26-27,29-31H2,1-3,5-8H3,(H,64,76)(H,66,70)(H,67,77);2H,1H3/b45-22+;. The highest BCUT2D eigenvalue weighted by Gasteiger charge is 2.44. The summed E-state index contributed by atoms with van der Waals surface area (Å²) < 4.78 is 35.6. The molecule has 8 aromatic rings. The number of amides is 2. The molecule has 21 heteroatoms. The number of aromatic nitrogens is 8. The van der Waals surface area contributed by atoms with Gasteiger partial charge in [-0.3, -0.25) is 29.1 Å². The Balaban J connectivity index is 0.00000364. The van der Waals surface area contributed by atoms with E-state index in [-0.39, 0.29) is 78.5 Å². The van der Waals surface area contributed by atoms with Gasteiger partial charge < -0.3 is 39.4 Å². The van der Waals surface area contributed by atoms with Crippen LogP contribution in [0.4, 0.5) is 10.2 Å². The van der Waals surface area contributed by atoms with Gasteiger partial charge in [0, 0.05) is 85.9 Å². The fourth-order valence-electron chi connectivity index (χ4n) is 12.3. The Morgan fingerprint density at radius 2 is 1.76 bits per heavy atom. The minimum absolute atomic E-state index is 0.0847. The molecule has 12 rings (SSSR count). The van der Waals surface area contributed by atoms with E-state index < -0.39 is 12.1 Å². The third-order valence-corrected chi connectivity index (χ3v) is 18.0. The molecular formula is C63H73FN12O7S. The second-order valence-electron chi connectivity index (χ2n) is 23.0. The lowest BCUT2D eigenvalue weighted by Crippen LogP contribution is -2.48. The van der Waals surface area contributed by atoms with Crippen LogP contribution < -0.4 is 20.5 Å². The van der Waals surface area contributed by atoms with Crippen LogP contribution in [0.3, 0.4) is 0 Å². The molecule has 1 aliphatic carbocycles. The summed E-state index contributed by atoms with van der Waals surface area (Å²) in [4.78, 5) is 67.5. The molecule has 5 aromatic heterocycles. The average molecular weight is 1160 g/mol. The first kappa shape index (κ1) is 58.1. The Morgan fingerprint density at radius 3 is 2.46 bits per heavy atom. The number of hydrogen-bond donors (Lipinski definition) is 4. The van der Waals surface area contributed by atoms with Crippen LogP contribution in [0.1, 0.15) is 98.1 Å². The number of anilines is 1. The largest absolute Gasteiger partial charge is 0.461 e. The Kier molecular flexibility index (Phi) is 16.9. The first-order valence-electron chi connectivity index (χ1n) is 28.8. The molecule has 3 aliphatic heterocycles. The zero-order valence-corrected chi connectivity index (χ0v) is 49.7. The van der Waals surface area contributed by atoms with Crippen LogP contribution in [0.25, 0.3) is 54.8 Å². The molecule has 2 bridgehead atoms. The molecule has 440 valence electrons. The molecule has 19 nitrogen and oxygen atoms in total. The number of pyridine rings is 1. The SMILES string of the molecule is C=C(/C(=C\c1c(COCc2ccc3c(c2)[nH]c(=O)c2nn(C(C(=O)N4CCCC4C(=O)NCc4ccc(-c5scnc5C)cc4)C(C)C)cc23)nc(OCC(C)OC)nc1N1CC2CC1CN2C)C1CC1)c1c(C)c(F)cc2[nH]ncc12.CO. The molecule has 8 heterocycles. The first-order chi connectivity index (χ1) is 40.6. The maximum absolute atomic E-state index is 15.6. The molecule has 4 N–H and O–H groups in total. The summed E-state index contributed by atoms with van der Waals surface area (Å²) >= 11 is 1.60. The van der Waals surface area contributed by atoms with E-state index in [0.29, 0.717) is 59.7 Å². The summed E-state index contributed by atoms with van der Waals surface area (Å²) in [5.74, 6) is -0.00774. The number of likely N-dealkylation sites (N-methyl/N-ethyl adjacent to an activating group) is 1. The summed E-state index contributed by atoms with van der Waals surface area (Å²) in [5, 5.41) is 24.2. The van der Waals surface area contributed by atoms with E-state index in [1.54, 1.807) is 47.3 Å². The molecule has 5 unspecified atom stereocenters. The number of carbonyl (C=O) groups excluding carboxylic acids is 2. The number of aromatic amines is 2. The number of methoxy groups -OCH3 is 1. The number of likely N-dealkylation sites (tertiary alicyclic amines) is 2. The van der Waals surface area contributed by atoms with Crippen molar-refractivity contribution >= 4 is 73.3 Å². The van der Waals surface area contributed by atoms with Gasteiger partial charge in [0.1, 0.15) is 30.3 Å². The molecule has 1 saturated carbocycles. The van der Waals surface area contributed by atoms with Crippen molar-refractivity contribution in [3.63, 3.8) is 0 Å². The highest BCUT2D eigenvalue weighted by molar-refractivity contribution is 7.13. The molecule has 3 saturated heterocycles. The van der Waals surface area contributed by atoms with Crippen molar-refractivity contribution in [2.45, 2.75) is 117 Å². The average Bonchev–Trinajstić information content (AvgIpc) is 2.75. The van der Waals surface area contributed by atoms with Gasteiger partial charge in [0.2, 0.25) is 11.8 Å². The van der Waals surface area contributed by atoms with Gasteiger partial charge in [-0.15, -0.1) is 11.3 Å². The van der Waals surface area contributed by atoms with E-state index in [1.165, 1.54) is 6.07 Å². The molecule has 0 spiro atoms. The maximum atomic E-state index is 15.6. The molecule has 0 radical (unpaired) electrons. The number of aliphatic hydroxyl groups is 1. The number of fused-ring (bicyclic) bond motifs is 6. The number of carbonyl (C=O) groups is 2. The lowest BCUT2D eigenvalue weighted by atomic mass is 9.89. The zero-order chi connectivity index (χ0) is 59.1. The molecular weight excluding hydrogens is 1090 g/mol. The number of hydrogen-bond acceptors (Lipinski definition) is 15. The number of rotatable bonds is 20. The van der Waals surface area contributed by atoms with Gasteiger partial charge in [-0.1, -0.05) is 56.8 Å². The molecule has 84 heavy (non-hydrogen) atoms. The number of nitrogens with zero attached hydrogens (tertiary/aromatic N) is 9. The van der Waals surface area contributed by atoms with Gasteiger partial charge in [-0.05, 0) is 129 Å². The summed E-state index contributed by atoms with van der Waals surface area (Å²) in [5.41, 5.74) is 11.1. The number of H-pyrrole nitrogens is 2. The number of thiazole rings is 1. The minimum Gasteiger partial charge on any atom is -0.461 e. The number of piperazine rings is 1. The molecule has 4 fully saturated rings. The van der Waals surface area contributed by atoms with Crippen molar-refractivity contribution in [1.82, 2.24) is 55.0 Å². The van der Waals surface area contributed by atoms with Gasteiger partial charge in [0.25, 0.3) is 5.56 Å². The molecule has 3 aromatic carbocycles. The van der Waals surface area contributed by atoms with Crippen LogP contribution in [0.2, 0.25) is 0 Å². The Morgan fingerprint density at radius 1 is 0.976 bits per heavy atom. The summed E-state index contributed by atoms with van der Waals surface area (Å²) in [6, 6.07) is 14.8. The number of nitrogens with one attached hydrogen (secondary N) is 3. The topological polar surface area (TPSA) is 222 Å². The first-order valence-corrected chi connectivity index (χ1v) is 29.7. The highest BCUT2D eigenvalue weighted by Crippen LogP contribution is 2.47. The van der Waals surface area contributed by atoms with Gasteiger partial charge in [-0.25, -0.2) is 9.37 Å². The summed E-state index contributed by atoms with van der Waals surface area (Å²) in [6.07, 6.45) is 9.64. The fraction of sp³-hybridized carbons (Fsp3) is 0.429. The normalized spacial score (nSPS) is 18.8. The third-order valence-electron chi connectivity index (χ3n) is 17.0. The number of aliphatic hydroxyl groups excluding tert-OH is 1. The lowest BCUT2D eigenvalue weighted by Gasteiger charge is -2.34. The van der Waals surface area contributed by atoms with Crippen molar-refractivity contribution in [3.05, 3.63) is 134 Å². The lowest BCUT2D eigenvalue weighted by molar-refractivity contribution is -0.142. The minimum atomic E-state index is -0.764. The Labute approximate surface area is 490 Å². The molecule has 4 aliphatic rings. The third kappa shape index (κ3) is 11.5. The predicted octanol–water partition coefficient (Wildman–Crippen LogP) is 9.07. The van der Waals surface area contributed by atoms with E-state index in [9.17, 15) is 14.4 Å². The van der Waals surface area contributed by atoms with Crippen molar-refractivity contribution in [2.75, 3.05) is 52.4 Å². The smallest absolute Gasteiger partial charge is 0.318 e. The zero-order valence-electron chi connectivity index (χ0n) is 48.9. The van der Waals surface area contributed by atoms with Crippen LogP contribution in [0, 0.1) is 31.5 Å². The van der Waals surface area contributed by atoms with Crippen molar-refractivity contribution in [1.29, 1.82) is 0 Å². The van der Waals surface area contributed by atoms with E-state index >= 15 is 4.39 Å². The molecule has 5 atom stereocenters. The highest BCUT2D eigenvalue weighted by atomic mass is 32.1. The van der Waals surface area contributed by atoms with E-state index in [1.807, 2.05) is 75.7 Å². The van der Waals surface area contributed by atoms with Crippen molar-refractivity contribution < 1.29 is 33.3 Å². The van der Waals surface area contributed by atoms with Crippen LogP contribution in [0.15, 0.2) is 83.4 Å². The second-order valence-corrected chi connectivity index (χ2v) is 23.8. The van der Waals surface area contributed by atoms with Gasteiger partial charge in [0.15, 0.2) is 5.52 Å². The predicted molar refractivity (Wildman–Crippen MR) is 324 cm³/mol. The van der Waals surface area contributed by atoms with Gasteiger partial charge in [0.05, 0.1) is 52.8 Å². The van der Waals surface area contributed by atoms with E-state index in [4.69, 9.17) is 34.4 Å². The van der Waals surface area contributed by atoms with Crippen LogP contribution in [0.5, 0.6) is 6.01 Å². The van der Waals surface area contributed by atoms with Crippen LogP contribution >= 0.6 is 11.3 Å². The number of halogens is 1. The fourth-order valence-corrected chi connectivity index (χ4v) is 13.1. The summed E-state index contributed by atoms with van der Waals surface area (Å²) in [6.45, 7) is 17.2. The van der Waals surface area contributed by atoms with E-state index in [0.717, 1.165) is 106 Å². The van der Waals surface area contributed by atoms with Crippen LogP contribution in [-0.4, -0.2) is 138 Å². The Hall–Kier alpha value is -7.69. The second kappa shape index (κ2) is 24.5. The number of allylic oxidation sites excluding steroid dienone is 2. The quantitative estimate of drug-likeness (QED) is 0.0523. The number of benzene rings is 3. The summed E-state index contributed by atoms with van der Waals surface area (Å²) in [7, 11) is 4.81. The number of ether oxygens (including phenoxy) is 3. The number of aryl methyl sites for hydroxylation is 1. The van der Waals surface area contributed by atoms with E-state index in [2.05, 4.69) is 55.0 Å². The molecule has 2 amide bonds. The Bertz CT molecular complexity index is 3860. The van der Waals surface area contributed by atoms with Crippen molar-refractivity contribution in [3.8, 4) is 16.5 Å². The monoisotopic (exact) mass is 1160 g/mol. The maximum Gasteiger partial charge on any atom is 0.318 e. The van der Waals surface area contributed by atoms with Crippen LogP contribution in [-0.2, 0) is 38.8 Å². The van der Waals surface area contributed by atoms with Crippen molar-refractivity contribution in [2.24, 2.45) is 11.8 Å². The van der Waals surface area contributed by atoms with Gasteiger partial charge >= 0.3 is 6.01 Å².